The van der Waals surface area contributed by atoms with Gasteiger partial charge in [-0.3, -0.25) is 0 Å². The third kappa shape index (κ3) is 4.99. The van der Waals surface area contributed by atoms with Gasteiger partial charge < -0.3 is 9.47 Å². The molecule has 0 bridgehead atoms. The third-order valence-electron chi connectivity index (χ3n) is 2.89. The second-order valence-corrected chi connectivity index (χ2v) is 4.49. The summed E-state index contributed by atoms with van der Waals surface area (Å²) in [4.78, 5) is 0. The van der Waals surface area contributed by atoms with Crippen molar-refractivity contribution in [2.75, 3.05) is 13.2 Å². The molecule has 0 N–H and O–H groups in total. The molecule has 18 heavy (non-hydrogen) atoms. The lowest BCUT2D eigenvalue weighted by atomic mass is 10.2. The Morgan fingerprint density at radius 3 is 2.17 bits per heavy atom. The molecule has 0 atom stereocenters. The lowest BCUT2D eigenvalue weighted by molar-refractivity contribution is 0.290. The minimum Gasteiger partial charge on any atom is -0.493 e. The van der Waals surface area contributed by atoms with Gasteiger partial charge in [0.05, 0.1) is 13.2 Å². The Morgan fingerprint density at radius 2 is 1.61 bits per heavy atom. The van der Waals surface area contributed by atoms with Crippen molar-refractivity contribution in [3.05, 3.63) is 30.7 Å². The molecule has 0 aliphatic carbocycles. The summed E-state index contributed by atoms with van der Waals surface area (Å²) in [7, 11) is 0. The maximum absolute atomic E-state index is 5.79. The molecule has 2 heteroatoms. The lowest BCUT2D eigenvalue weighted by Crippen LogP contribution is -2.02. The van der Waals surface area contributed by atoms with Crippen LogP contribution < -0.4 is 9.47 Å². The molecule has 1 radical (unpaired) electrons. The van der Waals surface area contributed by atoms with Crippen molar-refractivity contribution in [3.63, 3.8) is 0 Å². The molecule has 0 amide bonds. The fraction of sp³-hybridized carbons (Fsp3) is 0.562. The number of ether oxygens (including phenoxy) is 2. The summed E-state index contributed by atoms with van der Waals surface area (Å²) >= 11 is 0. The van der Waals surface area contributed by atoms with E-state index in [9.17, 15) is 0 Å². The van der Waals surface area contributed by atoms with E-state index in [4.69, 9.17) is 9.47 Å². The Hall–Kier alpha value is -1.18. The highest BCUT2D eigenvalue weighted by molar-refractivity contribution is 5.43. The van der Waals surface area contributed by atoms with Crippen LogP contribution in [0.3, 0.4) is 0 Å². The molecule has 1 aromatic carbocycles. The maximum atomic E-state index is 5.79. The molecule has 1 aromatic rings. The first-order chi connectivity index (χ1) is 8.79. The molecule has 0 fully saturated rings. The topological polar surface area (TPSA) is 18.5 Å². The summed E-state index contributed by atoms with van der Waals surface area (Å²) < 4.78 is 11.5. The van der Waals surface area contributed by atoms with Crippen LogP contribution in [0.1, 0.15) is 44.6 Å². The smallest absolute Gasteiger partial charge is 0.125 e. The molecule has 0 spiro atoms. The number of benzene rings is 1. The largest absolute Gasteiger partial charge is 0.493 e. The zero-order valence-electron chi connectivity index (χ0n) is 11.7. The average Bonchev–Trinajstić information content (AvgIpc) is 2.38. The van der Waals surface area contributed by atoms with Crippen molar-refractivity contribution in [1.82, 2.24) is 0 Å². The van der Waals surface area contributed by atoms with Crippen molar-refractivity contribution in [3.8, 4) is 11.5 Å². The van der Waals surface area contributed by atoms with Gasteiger partial charge in [0.15, 0.2) is 0 Å². The molecule has 101 valence electrons. The lowest BCUT2D eigenvalue weighted by Gasteiger charge is -2.13. The molecular weight excluding hydrogens is 224 g/mol. The van der Waals surface area contributed by atoms with Gasteiger partial charge in [-0.15, -0.1) is 0 Å². The fourth-order valence-corrected chi connectivity index (χ4v) is 1.73. The summed E-state index contributed by atoms with van der Waals surface area (Å²) in [5, 5.41) is 0. The Bertz CT molecular complexity index is 334. The van der Waals surface area contributed by atoms with Crippen molar-refractivity contribution in [2.24, 2.45) is 0 Å². The Balaban J connectivity index is 2.49. The van der Waals surface area contributed by atoms with E-state index in [2.05, 4.69) is 20.8 Å². The maximum Gasteiger partial charge on any atom is 0.125 e. The molecule has 0 aliphatic rings. The van der Waals surface area contributed by atoms with E-state index in [1.165, 1.54) is 12.8 Å². The van der Waals surface area contributed by atoms with Crippen LogP contribution >= 0.6 is 0 Å². The molecule has 0 aromatic heterocycles. The van der Waals surface area contributed by atoms with Crippen molar-refractivity contribution in [2.45, 2.75) is 46.0 Å². The molecular formula is C16H25O2. The van der Waals surface area contributed by atoms with E-state index in [1.54, 1.807) is 0 Å². The highest BCUT2D eigenvalue weighted by atomic mass is 16.5. The van der Waals surface area contributed by atoms with Crippen molar-refractivity contribution >= 4 is 0 Å². The number of hydrogen-bond acceptors (Lipinski definition) is 2. The Kier molecular flexibility index (Phi) is 7.31. The van der Waals surface area contributed by atoms with Crippen LogP contribution in [0.5, 0.6) is 11.5 Å². The monoisotopic (exact) mass is 249 g/mol. The number of hydrogen-bond donors (Lipinski definition) is 0. The van der Waals surface area contributed by atoms with Gasteiger partial charge in [-0.05, 0) is 31.9 Å². The first-order valence-corrected chi connectivity index (χ1v) is 6.94. The summed E-state index contributed by atoms with van der Waals surface area (Å²) in [6, 6.07) is 5.99. The van der Waals surface area contributed by atoms with Gasteiger partial charge in [0.25, 0.3) is 0 Å². The minimum absolute atomic E-state index is 0.726. The van der Waals surface area contributed by atoms with Gasteiger partial charge in [0.2, 0.25) is 0 Å². The van der Waals surface area contributed by atoms with Crippen LogP contribution in [0.2, 0.25) is 0 Å². The predicted molar refractivity (Wildman–Crippen MR) is 76.3 cm³/mol. The van der Waals surface area contributed by atoms with E-state index in [0.29, 0.717) is 0 Å². The summed E-state index contributed by atoms with van der Waals surface area (Å²) in [6.45, 7) is 9.57. The molecule has 0 saturated heterocycles. The summed E-state index contributed by atoms with van der Waals surface area (Å²) in [6.07, 6.45) is 5.45. The Labute approximate surface area is 111 Å². The van der Waals surface area contributed by atoms with Gasteiger partial charge in [-0.2, -0.15) is 0 Å². The van der Waals surface area contributed by atoms with E-state index >= 15 is 0 Å². The number of unbranched alkanes of at least 4 members (excludes halogenated alkanes) is 3. The average molecular weight is 249 g/mol. The molecule has 0 heterocycles. The van der Waals surface area contributed by atoms with Crippen LogP contribution in [0.15, 0.2) is 18.2 Å². The van der Waals surface area contributed by atoms with Gasteiger partial charge in [-0.1, -0.05) is 39.2 Å². The zero-order chi connectivity index (χ0) is 13.2. The number of rotatable bonds is 9. The predicted octanol–water partition coefficient (Wildman–Crippen LogP) is 4.56. The van der Waals surface area contributed by atoms with Crippen LogP contribution in [-0.4, -0.2) is 13.2 Å². The first-order valence-electron chi connectivity index (χ1n) is 6.94. The highest BCUT2D eigenvalue weighted by Gasteiger charge is 2.05. The highest BCUT2D eigenvalue weighted by Crippen LogP contribution is 2.27. The van der Waals surface area contributed by atoms with Crippen molar-refractivity contribution < 1.29 is 9.47 Å². The van der Waals surface area contributed by atoms with Crippen LogP contribution in [0.25, 0.3) is 0 Å². The van der Waals surface area contributed by atoms with Crippen LogP contribution in [-0.2, 0) is 0 Å². The van der Waals surface area contributed by atoms with Gasteiger partial charge in [0, 0.05) is 5.56 Å². The quantitative estimate of drug-likeness (QED) is 0.597. The molecule has 0 aliphatic heterocycles. The van der Waals surface area contributed by atoms with Crippen LogP contribution in [0, 0.1) is 13.8 Å². The Morgan fingerprint density at radius 1 is 1.00 bits per heavy atom. The van der Waals surface area contributed by atoms with Crippen molar-refractivity contribution in [1.29, 1.82) is 0 Å². The second-order valence-electron chi connectivity index (χ2n) is 4.49. The molecule has 0 saturated carbocycles. The normalized spacial score (nSPS) is 10.4. The molecule has 2 nitrogen and oxygen atoms in total. The minimum atomic E-state index is 0.726. The standard InChI is InChI=1S/C16H25O2/c1-4-6-8-13-18-16-11-9-10-15(14(16)3)17-12-7-5-2/h9-11H,2,4-8,12-13H2,1,3H3. The van der Waals surface area contributed by atoms with Crippen LogP contribution in [0.4, 0.5) is 0 Å². The summed E-state index contributed by atoms with van der Waals surface area (Å²) in [5.41, 5.74) is 1.10. The van der Waals surface area contributed by atoms with Gasteiger partial charge in [-0.25, -0.2) is 0 Å². The van der Waals surface area contributed by atoms with Gasteiger partial charge >= 0.3 is 0 Å². The van der Waals surface area contributed by atoms with E-state index in [0.717, 1.165) is 49.5 Å². The van der Waals surface area contributed by atoms with E-state index < -0.39 is 0 Å². The first kappa shape index (κ1) is 14.9. The van der Waals surface area contributed by atoms with Gasteiger partial charge in [0.1, 0.15) is 11.5 Å². The summed E-state index contributed by atoms with van der Waals surface area (Å²) in [5.74, 6) is 1.87. The second kappa shape index (κ2) is 8.84. The van der Waals surface area contributed by atoms with E-state index in [-0.39, 0.29) is 0 Å². The molecule has 0 unspecified atom stereocenters. The SMILES string of the molecule is [CH2]CCCOc1cccc(OCCCCC)c1C. The third-order valence-corrected chi connectivity index (χ3v) is 2.89. The van der Waals surface area contributed by atoms with E-state index in [1.807, 2.05) is 18.2 Å². The fourth-order valence-electron chi connectivity index (χ4n) is 1.73. The molecule has 1 rings (SSSR count). The zero-order valence-corrected chi connectivity index (χ0v) is 11.7.